The van der Waals surface area contributed by atoms with Crippen molar-refractivity contribution in [2.24, 2.45) is 5.41 Å². The van der Waals surface area contributed by atoms with E-state index in [9.17, 15) is 4.79 Å². The van der Waals surface area contributed by atoms with E-state index in [1.807, 2.05) is 48.5 Å². The molecule has 3 aromatic rings. The van der Waals surface area contributed by atoms with Crippen LogP contribution in [0, 0.1) is 12.6 Å². The van der Waals surface area contributed by atoms with Gasteiger partial charge in [0.2, 0.25) is 0 Å². The van der Waals surface area contributed by atoms with E-state index in [0.29, 0.717) is 5.75 Å². The number of carbonyl (C=O) groups excluding carboxylic acids is 1. The second kappa shape index (κ2) is 9.92. The lowest BCUT2D eigenvalue weighted by Gasteiger charge is -2.30. The molecule has 0 amide bonds. The van der Waals surface area contributed by atoms with Crippen LogP contribution in [0.4, 0.5) is 0 Å². The fourth-order valence-electron chi connectivity index (χ4n) is 2.88. The third-order valence-corrected chi connectivity index (χ3v) is 6.94. The van der Waals surface area contributed by atoms with Crippen molar-refractivity contribution >= 4 is 5.97 Å². The zero-order valence-corrected chi connectivity index (χ0v) is 19.1. The molecule has 0 fully saturated rings. The highest BCUT2D eigenvalue weighted by molar-refractivity contribution is 5.71. The highest BCUT2D eigenvalue weighted by Crippen LogP contribution is 2.36. The molecular formula is C25H26IO3+. The third-order valence-electron chi connectivity index (χ3n) is 4.26. The highest BCUT2D eigenvalue weighted by Gasteiger charge is 2.30. The number of ether oxygens (including phenoxy) is 2. The predicted octanol–water partition coefficient (Wildman–Crippen LogP) is 2.52. The molecule has 0 aliphatic rings. The molecule has 1 unspecified atom stereocenters. The van der Waals surface area contributed by atoms with Crippen molar-refractivity contribution in [1.82, 2.24) is 0 Å². The summed E-state index contributed by atoms with van der Waals surface area (Å²) in [6.07, 6.45) is -0.321. The summed E-state index contributed by atoms with van der Waals surface area (Å²) in [5.41, 5.74) is 0.780. The monoisotopic (exact) mass is 501 g/mol. The van der Waals surface area contributed by atoms with Crippen LogP contribution in [0.25, 0.3) is 0 Å². The van der Waals surface area contributed by atoms with Crippen LogP contribution >= 0.6 is 0 Å². The van der Waals surface area contributed by atoms with Gasteiger partial charge in [0.05, 0.1) is 0 Å². The summed E-state index contributed by atoms with van der Waals surface area (Å²) in [4.78, 5) is 12.4. The molecule has 29 heavy (non-hydrogen) atoms. The van der Waals surface area contributed by atoms with Gasteiger partial charge in [-0.05, 0) is 42.0 Å². The van der Waals surface area contributed by atoms with E-state index in [1.54, 1.807) is 0 Å². The smallest absolute Gasteiger partial charge is 0.357 e. The van der Waals surface area contributed by atoms with Crippen molar-refractivity contribution in [3.05, 3.63) is 97.6 Å². The Balaban J connectivity index is 1.55. The van der Waals surface area contributed by atoms with E-state index in [0.717, 1.165) is 5.56 Å². The predicted molar refractivity (Wildman–Crippen MR) is 111 cm³/mol. The van der Waals surface area contributed by atoms with Crippen LogP contribution in [0.5, 0.6) is 5.75 Å². The van der Waals surface area contributed by atoms with Gasteiger partial charge < -0.3 is 9.47 Å². The summed E-state index contributed by atoms with van der Waals surface area (Å²) in [6.45, 7) is 6.08. The minimum atomic E-state index is -0.366. The molecule has 0 aromatic heterocycles. The number of esters is 1. The molecule has 150 valence electrons. The number of carbonyl (C=O) groups is 1. The second-order valence-corrected chi connectivity index (χ2v) is 10.8. The topological polar surface area (TPSA) is 35.5 Å². The minimum absolute atomic E-state index is 0.105. The summed E-state index contributed by atoms with van der Waals surface area (Å²) < 4.78 is 14.1. The van der Waals surface area contributed by atoms with Gasteiger partial charge in [-0.2, -0.15) is 0 Å². The number of benzene rings is 3. The van der Waals surface area contributed by atoms with Gasteiger partial charge in [0.25, 0.3) is 0 Å². The quantitative estimate of drug-likeness (QED) is 0.369. The van der Waals surface area contributed by atoms with E-state index >= 15 is 0 Å². The molecule has 3 aromatic carbocycles. The molecule has 0 aliphatic carbocycles. The van der Waals surface area contributed by atoms with Crippen LogP contribution in [-0.4, -0.2) is 12.6 Å². The number of hydrogen-bond acceptors (Lipinski definition) is 3. The summed E-state index contributed by atoms with van der Waals surface area (Å²) >= 11 is -0.206. The second-order valence-electron chi connectivity index (χ2n) is 7.78. The van der Waals surface area contributed by atoms with E-state index in [4.69, 9.17) is 9.47 Å². The lowest BCUT2D eigenvalue weighted by atomic mass is 9.84. The van der Waals surface area contributed by atoms with Gasteiger partial charge in [-0.25, -0.2) is 4.79 Å². The van der Waals surface area contributed by atoms with Gasteiger partial charge in [0.15, 0.2) is 13.7 Å². The number of halogens is 1. The Kier molecular flexibility index (Phi) is 7.31. The first-order valence-electron chi connectivity index (χ1n) is 9.59. The molecule has 0 spiro atoms. The van der Waals surface area contributed by atoms with Crippen LogP contribution in [0.2, 0.25) is 0 Å². The standard InChI is InChI=1S/C25H26IO3/c1-25(2,3)24(19-10-6-4-7-11-19)29-23(27)18-28-22-16-14-21(15-17-22)26-20-12-8-5-9-13-20/h4-17,24H,18H2,1-3H3/q+1. The maximum atomic E-state index is 12.4. The average Bonchev–Trinajstić information content (AvgIpc) is 2.72. The van der Waals surface area contributed by atoms with Crippen LogP contribution in [0.1, 0.15) is 32.4 Å². The molecule has 0 saturated carbocycles. The van der Waals surface area contributed by atoms with Crippen LogP contribution in [-0.2, 0) is 9.53 Å². The van der Waals surface area contributed by atoms with Crippen LogP contribution in [0.3, 0.4) is 0 Å². The van der Waals surface area contributed by atoms with Crippen LogP contribution in [0.15, 0.2) is 84.9 Å². The zero-order chi connectivity index (χ0) is 20.7. The Hall–Kier alpha value is -2.34. The first kappa shape index (κ1) is 21.4. The summed E-state index contributed by atoms with van der Waals surface area (Å²) in [5.74, 6) is 0.310. The van der Waals surface area contributed by atoms with Gasteiger partial charge in [-0.15, -0.1) is 0 Å². The molecule has 0 heterocycles. The fraction of sp³-hybridized carbons (Fsp3) is 0.240. The summed E-state index contributed by atoms with van der Waals surface area (Å²) in [6, 6.07) is 28.3. The van der Waals surface area contributed by atoms with E-state index < -0.39 is 0 Å². The Bertz CT molecular complexity index is 900. The van der Waals surface area contributed by atoms with Crippen molar-refractivity contribution in [2.45, 2.75) is 26.9 Å². The minimum Gasteiger partial charge on any atom is -0.482 e. The van der Waals surface area contributed by atoms with Crippen molar-refractivity contribution in [3.8, 4) is 5.75 Å². The molecule has 0 radical (unpaired) electrons. The molecule has 0 saturated heterocycles. The lowest BCUT2D eigenvalue weighted by Crippen LogP contribution is -3.61. The van der Waals surface area contributed by atoms with Gasteiger partial charge >= 0.3 is 27.2 Å². The van der Waals surface area contributed by atoms with E-state index in [2.05, 4.69) is 57.2 Å². The maximum Gasteiger partial charge on any atom is 0.357 e. The summed E-state index contributed by atoms with van der Waals surface area (Å²) in [5, 5.41) is 0. The van der Waals surface area contributed by atoms with Crippen molar-refractivity contribution in [3.63, 3.8) is 0 Å². The van der Waals surface area contributed by atoms with E-state index in [-0.39, 0.29) is 45.3 Å². The maximum absolute atomic E-state index is 12.4. The number of hydrogen-bond donors (Lipinski definition) is 0. The summed E-state index contributed by atoms with van der Waals surface area (Å²) in [7, 11) is 0. The molecule has 3 rings (SSSR count). The molecule has 0 aliphatic heterocycles. The molecule has 0 N–H and O–H groups in total. The van der Waals surface area contributed by atoms with Gasteiger partial charge in [-0.3, -0.25) is 0 Å². The molecule has 0 bridgehead atoms. The largest absolute Gasteiger partial charge is 0.482 e. The van der Waals surface area contributed by atoms with Gasteiger partial charge in [0.1, 0.15) is 11.9 Å². The normalized spacial score (nSPS) is 12.2. The molecule has 3 nitrogen and oxygen atoms in total. The van der Waals surface area contributed by atoms with Crippen molar-refractivity contribution < 1.29 is 35.5 Å². The molecule has 4 heteroatoms. The molecule has 1 atom stereocenters. The lowest BCUT2D eigenvalue weighted by molar-refractivity contribution is -0.597. The Labute approximate surface area is 183 Å². The Morgan fingerprint density at radius 2 is 1.38 bits per heavy atom. The Morgan fingerprint density at radius 1 is 0.828 bits per heavy atom. The first-order chi connectivity index (χ1) is 13.9. The Morgan fingerprint density at radius 3 is 1.97 bits per heavy atom. The number of rotatable bonds is 7. The third kappa shape index (κ3) is 6.60. The highest BCUT2D eigenvalue weighted by atomic mass is 127. The first-order valence-corrected chi connectivity index (χ1v) is 11.7. The van der Waals surface area contributed by atoms with Gasteiger partial charge in [0, 0.05) is 5.41 Å². The molecular weight excluding hydrogens is 475 g/mol. The SMILES string of the molecule is CC(C)(C)C(OC(=O)COc1ccc([I+]c2ccccc2)cc1)c1ccccc1. The zero-order valence-electron chi connectivity index (χ0n) is 17.0. The van der Waals surface area contributed by atoms with Crippen LogP contribution < -0.4 is 25.9 Å². The fourth-order valence-corrected chi connectivity index (χ4v) is 5.09. The average molecular weight is 501 g/mol. The van der Waals surface area contributed by atoms with Crippen molar-refractivity contribution in [1.29, 1.82) is 0 Å². The van der Waals surface area contributed by atoms with Gasteiger partial charge in [-0.1, -0.05) is 69.3 Å². The van der Waals surface area contributed by atoms with Crippen molar-refractivity contribution in [2.75, 3.05) is 6.61 Å². The van der Waals surface area contributed by atoms with E-state index in [1.165, 1.54) is 7.14 Å².